The van der Waals surface area contributed by atoms with Crippen LogP contribution in [0.1, 0.15) is 49.1 Å². The lowest BCUT2D eigenvalue weighted by Gasteiger charge is -2.16. The molecule has 1 aliphatic carbocycles. The molecule has 0 radical (unpaired) electrons. The molecular formula is C22H28BF4N5OS. The summed E-state index contributed by atoms with van der Waals surface area (Å²) in [5.41, 5.74) is 0.0765. The van der Waals surface area contributed by atoms with Crippen molar-refractivity contribution in [1.82, 2.24) is 24.9 Å². The molecule has 34 heavy (non-hydrogen) atoms. The highest BCUT2D eigenvalue weighted by Gasteiger charge is 2.58. The summed E-state index contributed by atoms with van der Waals surface area (Å²) in [5, 5.41) is 22.1. The second-order valence-electron chi connectivity index (χ2n) is 9.17. The maximum absolute atomic E-state index is 14.4. The van der Waals surface area contributed by atoms with Gasteiger partial charge in [0.25, 0.3) is 0 Å². The van der Waals surface area contributed by atoms with Crippen LogP contribution < -0.4 is 5.23 Å². The van der Waals surface area contributed by atoms with E-state index in [0.29, 0.717) is 23.2 Å². The standard InChI is InChI=1S/C22H28BF4N5OS/c1-13(28-23)18(33)19-29-30-20(31(19)2)34-9-3-7-32-8-6-21(12-32)11-16(21)15-5-4-14(10-17(15)24)22(25,26)27/h4-5,10,16,28,33H,3,6-9,11-12,23H2,1-2H3/b18-13-/t16?,21-/m1/s1. The maximum Gasteiger partial charge on any atom is 0.416 e. The van der Waals surface area contributed by atoms with Gasteiger partial charge in [0.1, 0.15) is 5.82 Å². The van der Waals surface area contributed by atoms with Crippen molar-refractivity contribution in [3.63, 3.8) is 0 Å². The zero-order valence-electron chi connectivity index (χ0n) is 19.4. The van der Waals surface area contributed by atoms with Crippen molar-refractivity contribution in [3.05, 3.63) is 46.7 Å². The Labute approximate surface area is 201 Å². The fourth-order valence-corrected chi connectivity index (χ4v) is 5.62. The van der Waals surface area contributed by atoms with Gasteiger partial charge in [0.2, 0.25) is 13.8 Å². The second kappa shape index (κ2) is 9.45. The summed E-state index contributed by atoms with van der Waals surface area (Å²) in [5.74, 6) is 0.553. The molecule has 1 saturated heterocycles. The molecule has 12 heteroatoms. The first-order chi connectivity index (χ1) is 16.1. The quantitative estimate of drug-likeness (QED) is 0.191. The van der Waals surface area contributed by atoms with E-state index in [1.807, 2.05) is 7.05 Å². The minimum atomic E-state index is -4.53. The van der Waals surface area contributed by atoms with Crippen molar-refractivity contribution in [2.24, 2.45) is 12.5 Å². The van der Waals surface area contributed by atoms with Gasteiger partial charge in [0.15, 0.2) is 10.9 Å². The third-order valence-corrected chi connectivity index (χ3v) is 8.09. The number of aliphatic hydroxyl groups is 1. The largest absolute Gasteiger partial charge is 0.503 e. The number of nitrogens with one attached hydrogen (secondary N) is 1. The number of alkyl halides is 3. The van der Waals surface area contributed by atoms with Crippen molar-refractivity contribution in [3.8, 4) is 0 Å². The molecule has 2 fully saturated rings. The molecule has 1 unspecified atom stereocenters. The number of hydrogen-bond acceptors (Lipinski definition) is 6. The highest BCUT2D eigenvalue weighted by molar-refractivity contribution is 7.99. The SMILES string of the molecule is BN/C(C)=C(\O)c1nnc(SCCCN2CC[C@@]3(CC3c3ccc(C(F)(F)F)cc3F)C2)n1C. The third kappa shape index (κ3) is 4.93. The lowest BCUT2D eigenvalue weighted by Crippen LogP contribution is -2.23. The van der Waals surface area contributed by atoms with Crippen LogP contribution in [0.5, 0.6) is 0 Å². The summed E-state index contributed by atoms with van der Waals surface area (Å²) in [6, 6.07) is 2.93. The molecule has 4 rings (SSSR count). The van der Waals surface area contributed by atoms with Crippen molar-refractivity contribution >= 4 is 25.5 Å². The first-order valence-corrected chi connectivity index (χ1v) is 12.2. The van der Waals surface area contributed by atoms with Gasteiger partial charge in [-0.05, 0) is 68.3 Å². The number of benzene rings is 1. The van der Waals surface area contributed by atoms with Crippen LogP contribution in [0.25, 0.3) is 5.76 Å². The monoisotopic (exact) mass is 497 g/mol. The van der Waals surface area contributed by atoms with E-state index >= 15 is 0 Å². The first-order valence-electron chi connectivity index (χ1n) is 11.2. The number of halogens is 4. The number of allylic oxidation sites excluding steroid dienone is 1. The zero-order chi connectivity index (χ0) is 24.7. The highest BCUT2D eigenvalue weighted by Crippen LogP contribution is 2.64. The fourth-order valence-electron chi connectivity index (χ4n) is 4.78. The molecule has 1 spiro atoms. The Morgan fingerprint density at radius 1 is 1.35 bits per heavy atom. The van der Waals surface area contributed by atoms with E-state index < -0.39 is 17.6 Å². The van der Waals surface area contributed by atoms with Gasteiger partial charge in [-0.1, -0.05) is 17.8 Å². The summed E-state index contributed by atoms with van der Waals surface area (Å²) < 4.78 is 54.6. The van der Waals surface area contributed by atoms with Crippen LogP contribution in [0.3, 0.4) is 0 Å². The molecule has 0 bridgehead atoms. The van der Waals surface area contributed by atoms with Gasteiger partial charge >= 0.3 is 6.18 Å². The van der Waals surface area contributed by atoms with Crippen molar-refractivity contribution in [1.29, 1.82) is 0 Å². The molecule has 184 valence electrons. The molecule has 0 amide bonds. The predicted molar refractivity (Wildman–Crippen MR) is 125 cm³/mol. The number of aromatic nitrogens is 3. The van der Waals surface area contributed by atoms with Crippen LogP contribution >= 0.6 is 11.8 Å². The van der Waals surface area contributed by atoms with Gasteiger partial charge in [-0.25, -0.2) is 4.39 Å². The van der Waals surface area contributed by atoms with Crippen LogP contribution in [0.2, 0.25) is 0 Å². The first kappa shape index (κ1) is 24.9. The van der Waals surface area contributed by atoms with E-state index in [4.69, 9.17) is 0 Å². The van der Waals surface area contributed by atoms with Crippen molar-refractivity contribution < 1.29 is 22.7 Å². The lowest BCUT2D eigenvalue weighted by molar-refractivity contribution is -0.137. The maximum atomic E-state index is 14.4. The minimum Gasteiger partial charge on any atom is -0.503 e. The second-order valence-corrected chi connectivity index (χ2v) is 10.2. The topological polar surface area (TPSA) is 66.2 Å². The van der Waals surface area contributed by atoms with Crippen LogP contribution in [-0.4, -0.2) is 58.1 Å². The average molecular weight is 497 g/mol. The van der Waals surface area contributed by atoms with Crippen molar-refractivity contribution in [2.45, 2.75) is 43.4 Å². The van der Waals surface area contributed by atoms with E-state index in [0.717, 1.165) is 55.9 Å². The predicted octanol–water partition coefficient (Wildman–Crippen LogP) is 3.72. The summed E-state index contributed by atoms with van der Waals surface area (Å²) in [6.45, 7) is 4.42. The highest BCUT2D eigenvalue weighted by atomic mass is 32.2. The molecule has 2 atom stereocenters. The minimum absolute atomic E-state index is 0.00646. The Kier molecular flexibility index (Phi) is 6.92. The summed E-state index contributed by atoms with van der Waals surface area (Å²) >= 11 is 1.57. The number of likely N-dealkylation sites (tertiary alicyclic amines) is 1. The van der Waals surface area contributed by atoms with Gasteiger partial charge in [0.05, 0.1) is 5.56 Å². The summed E-state index contributed by atoms with van der Waals surface area (Å²) in [7, 11) is 3.54. The van der Waals surface area contributed by atoms with Crippen LogP contribution in [0.4, 0.5) is 17.6 Å². The number of aliphatic hydroxyl groups excluding tert-OH is 1. The number of thioether (sulfide) groups is 1. The Bertz CT molecular complexity index is 1090. The van der Waals surface area contributed by atoms with E-state index in [9.17, 15) is 22.7 Å². The smallest absolute Gasteiger partial charge is 0.416 e. The van der Waals surface area contributed by atoms with Gasteiger partial charge in [0, 0.05) is 25.0 Å². The third-order valence-electron chi connectivity index (χ3n) is 6.98. The summed E-state index contributed by atoms with van der Waals surface area (Å²) in [6.07, 6.45) is -1.84. The molecule has 2 N–H and O–H groups in total. The molecule has 1 aliphatic heterocycles. The van der Waals surface area contributed by atoms with Crippen LogP contribution in [0, 0.1) is 11.2 Å². The summed E-state index contributed by atoms with van der Waals surface area (Å²) in [4.78, 5) is 2.36. The average Bonchev–Trinajstić information content (AvgIpc) is 3.12. The van der Waals surface area contributed by atoms with E-state index in [-0.39, 0.29) is 17.1 Å². The normalized spacial score (nSPS) is 23.4. The molecule has 2 aromatic rings. The van der Waals surface area contributed by atoms with Gasteiger partial charge in [-0.2, -0.15) is 13.2 Å². The molecule has 1 saturated carbocycles. The van der Waals surface area contributed by atoms with E-state index in [2.05, 4.69) is 20.3 Å². The van der Waals surface area contributed by atoms with Gasteiger partial charge in [-0.15, -0.1) is 10.2 Å². The Balaban J connectivity index is 1.26. The number of nitrogens with zero attached hydrogens (tertiary/aromatic N) is 4. The molecule has 6 nitrogen and oxygen atoms in total. The van der Waals surface area contributed by atoms with Crippen LogP contribution in [-0.2, 0) is 13.2 Å². The van der Waals surface area contributed by atoms with E-state index in [1.165, 1.54) is 6.07 Å². The number of rotatable bonds is 8. The molecular weight excluding hydrogens is 469 g/mol. The number of hydrogen-bond donors (Lipinski definition) is 2. The fraction of sp³-hybridized carbons (Fsp3) is 0.545. The Morgan fingerprint density at radius 2 is 2.12 bits per heavy atom. The van der Waals surface area contributed by atoms with Crippen LogP contribution in [0.15, 0.2) is 29.1 Å². The molecule has 1 aromatic heterocycles. The molecule has 2 heterocycles. The molecule has 1 aromatic carbocycles. The Hall–Kier alpha value is -2.21. The van der Waals surface area contributed by atoms with Gasteiger partial charge in [-0.3, -0.25) is 0 Å². The molecule has 2 aliphatic rings. The Morgan fingerprint density at radius 3 is 2.79 bits per heavy atom. The van der Waals surface area contributed by atoms with Gasteiger partial charge < -0.3 is 19.8 Å². The van der Waals surface area contributed by atoms with Crippen molar-refractivity contribution in [2.75, 3.05) is 25.4 Å². The lowest BCUT2D eigenvalue weighted by atomic mass is 9.97. The zero-order valence-corrected chi connectivity index (χ0v) is 20.2. The van der Waals surface area contributed by atoms with E-state index in [1.54, 1.807) is 31.2 Å².